The Morgan fingerprint density at radius 2 is 1.82 bits per heavy atom. The summed E-state index contributed by atoms with van der Waals surface area (Å²) in [6, 6.07) is 6.34. The lowest BCUT2D eigenvalue weighted by Gasteiger charge is -2.25. The van der Waals surface area contributed by atoms with Gasteiger partial charge in [-0.15, -0.1) is 12.4 Å². The lowest BCUT2D eigenvalue weighted by molar-refractivity contribution is 0.174. The number of rotatable bonds is 1. The van der Waals surface area contributed by atoms with Gasteiger partial charge in [0, 0.05) is 12.0 Å². The summed E-state index contributed by atoms with van der Waals surface area (Å²) >= 11 is 0. The maximum absolute atomic E-state index is 6.13. The quantitative estimate of drug-likeness (QED) is 0.783. The highest BCUT2D eigenvalue weighted by Crippen LogP contribution is 2.37. The van der Waals surface area contributed by atoms with Gasteiger partial charge in [-0.05, 0) is 30.5 Å². The molecule has 0 fully saturated rings. The highest BCUT2D eigenvalue weighted by molar-refractivity contribution is 5.85. The molecule has 0 bridgehead atoms. The van der Waals surface area contributed by atoms with Gasteiger partial charge in [0.25, 0.3) is 0 Å². The van der Waals surface area contributed by atoms with Crippen molar-refractivity contribution in [2.45, 2.75) is 24.8 Å². The molecule has 2 unspecified atom stereocenters. The van der Waals surface area contributed by atoms with Crippen molar-refractivity contribution in [3.05, 3.63) is 35.9 Å². The van der Waals surface area contributed by atoms with Crippen LogP contribution in [0.2, 0.25) is 0 Å². The first-order chi connectivity index (χ1) is 7.84. The van der Waals surface area contributed by atoms with Crippen molar-refractivity contribution in [3.8, 4) is 11.5 Å². The van der Waals surface area contributed by atoms with Crippen molar-refractivity contribution in [2.75, 3.05) is 6.79 Å². The summed E-state index contributed by atoms with van der Waals surface area (Å²) < 4.78 is 10.7. The number of hydrogen-bond donors (Lipinski definition) is 1. The summed E-state index contributed by atoms with van der Waals surface area (Å²) in [6.45, 7) is 0.329. The first-order valence-electron chi connectivity index (χ1n) is 5.65. The molecule has 0 saturated heterocycles. The lowest BCUT2D eigenvalue weighted by atomic mass is 9.84. The van der Waals surface area contributed by atoms with Gasteiger partial charge in [0.1, 0.15) is 0 Å². The first-order valence-corrected chi connectivity index (χ1v) is 5.65. The zero-order valence-corrected chi connectivity index (χ0v) is 10.3. The lowest BCUT2D eigenvalue weighted by Crippen LogP contribution is -2.29. The SMILES string of the molecule is Cl.NC1CC=CCC1c1ccc2c(c1)OCO2. The number of benzene rings is 1. The van der Waals surface area contributed by atoms with Crippen LogP contribution in [0.5, 0.6) is 11.5 Å². The average molecular weight is 254 g/mol. The van der Waals surface area contributed by atoms with Gasteiger partial charge < -0.3 is 15.2 Å². The van der Waals surface area contributed by atoms with Crippen LogP contribution in [0.1, 0.15) is 24.3 Å². The van der Waals surface area contributed by atoms with Gasteiger partial charge in [-0.1, -0.05) is 18.2 Å². The van der Waals surface area contributed by atoms with Gasteiger partial charge in [-0.3, -0.25) is 0 Å². The van der Waals surface area contributed by atoms with Crippen LogP contribution in [0.4, 0.5) is 0 Å². The van der Waals surface area contributed by atoms with E-state index in [0.29, 0.717) is 12.7 Å². The van der Waals surface area contributed by atoms with Crippen LogP contribution in [0.3, 0.4) is 0 Å². The molecule has 0 amide bonds. The highest BCUT2D eigenvalue weighted by Gasteiger charge is 2.23. The van der Waals surface area contributed by atoms with Gasteiger partial charge >= 0.3 is 0 Å². The summed E-state index contributed by atoms with van der Waals surface area (Å²) in [5, 5.41) is 0. The Morgan fingerprint density at radius 3 is 2.65 bits per heavy atom. The Balaban J connectivity index is 0.00000108. The summed E-state index contributed by atoms with van der Waals surface area (Å²) in [4.78, 5) is 0. The van der Waals surface area contributed by atoms with Gasteiger partial charge in [0.2, 0.25) is 6.79 Å². The zero-order chi connectivity index (χ0) is 11.0. The average Bonchev–Trinajstić information content (AvgIpc) is 2.76. The third-order valence-electron chi connectivity index (χ3n) is 3.31. The fourth-order valence-electron chi connectivity index (χ4n) is 2.36. The van der Waals surface area contributed by atoms with E-state index in [0.717, 1.165) is 24.3 Å². The van der Waals surface area contributed by atoms with Crippen LogP contribution in [-0.4, -0.2) is 12.8 Å². The summed E-state index contributed by atoms with van der Waals surface area (Å²) in [5.74, 6) is 2.09. The fourth-order valence-corrected chi connectivity index (χ4v) is 2.36. The van der Waals surface area contributed by atoms with E-state index < -0.39 is 0 Å². The second kappa shape index (κ2) is 4.98. The Bertz CT molecular complexity index is 433. The van der Waals surface area contributed by atoms with E-state index in [1.165, 1.54) is 5.56 Å². The predicted octanol–water partition coefficient (Wildman–Crippen LogP) is 2.60. The largest absolute Gasteiger partial charge is 0.454 e. The molecule has 0 aromatic heterocycles. The van der Waals surface area contributed by atoms with Crippen molar-refractivity contribution in [1.29, 1.82) is 0 Å². The third-order valence-corrected chi connectivity index (χ3v) is 3.31. The molecular weight excluding hydrogens is 238 g/mol. The summed E-state index contributed by atoms with van der Waals surface area (Å²) in [7, 11) is 0. The number of fused-ring (bicyclic) bond motifs is 1. The fraction of sp³-hybridized carbons (Fsp3) is 0.385. The third kappa shape index (κ3) is 2.26. The molecule has 4 heteroatoms. The summed E-state index contributed by atoms with van der Waals surface area (Å²) in [6.07, 6.45) is 6.34. The molecule has 0 radical (unpaired) electrons. The van der Waals surface area contributed by atoms with E-state index in [1.807, 2.05) is 6.07 Å². The molecule has 0 spiro atoms. The van der Waals surface area contributed by atoms with Gasteiger partial charge in [-0.25, -0.2) is 0 Å². The molecule has 92 valence electrons. The van der Waals surface area contributed by atoms with Crippen molar-refractivity contribution in [3.63, 3.8) is 0 Å². The standard InChI is InChI=1S/C13H15NO2.ClH/c14-11-4-2-1-3-10(11)9-5-6-12-13(7-9)16-8-15-12;/h1-2,5-7,10-11H,3-4,8,14H2;1H. The Hall–Kier alpha value is -1.19. The first kappa shape index (κ1) is 12.3. The normalized spacial score (nSPS) is 25.5. The molecule has 2 aliphatic rings. The number of ether oxygens (including phenoxy) is 2. The molecular formula is C13H16ClNO2. The molecule has 1 aromatic carbocycles. The van der Waals surface area contributed by atoms with Crippen LogP contribution in [0, 0.1) is 0 Å². The minimum atomic E-state index is 0. The smallest absolute Gasteiger partial charge is 0.231 e. The molecule has 3 nitrogen and oxygen atoms in total. The van der Waals surface area contributed by atoms with Crippen molar-refractivity contribution in [2.24, 2.45) is 5.73 Å². The van der Waals surface area contributed by atoms with Gasteiger partial charge in [0.05, 0.1) is 0 Å². The van der Waals surface area contributed by atoms with E-state index in [4.69, 9.17) is 15.2 Å². The molecule has 1 aliphatic heterocycles. The minimum Gasteiger partial charge on any atom is -0.454 e. The molecule has 1 heterocycles. The van der Waals surface area contributed by atoms with Crippen molar-refractivity contribution >= 4 is 12.4 Å². The Kier molecular flexibility index (Phi) is 3.60. The van der Waals surface area contributed by atoms with E-state index >= 15 is 0 Å². The van der Waals surface area contributed by atoms with E-state index in [2.05, 4.69) is 24.3 Å². The van der Waals surface area contributed by atoms with E-state index in [1.54, 1.807) is 0 Å². The number of hydrogen-bond acceptors (Lipinski definition) is 3. The van der Waals surface area contributed by atoms with Crippen molar-refractivity contribution < 1.29 is 9.47 Å². The number of nitrogens with two attached hydrogens (primary N) is 1. The zero-order valence-electron chi connectivity index (χ0n) is 9.46. The van der Waals surface area contributed by atoms with E-state index in [9.17, 15) is 0 Å². The van der Waals surface area contributed by atoms with Crippen LogP contribution >= 0.6 is 12.4 Å². The monoisotopic (exact) mass is 253 g/mol. The maximum Gasteiger partial charge on any atom is 0.231 e. The van der Waals surface area contributed by atoms with Crippen molar-refractivity contribution in [1.82, 2.24) is 0 Å². The highest BCUT2D eigenvalue weighted by atomic mass is 35.5. The Labute approximate surface area is 107 Å². The van der Waals surface area contributed by atoms with Crippen LogP contribution in [-0.2, 0) is 0 Å². The topological polar surface area (TPSA) is 44.5 Å². The van der Waals surface area contributed by atoms with Crippen LogP contribution in [0.15, 0.2) is 30.4 Å². The predicted molar refractivity (Wildman–Crippen MR) is 68.9 cm³/mol. The second-order valence-electron chi connectivity index (χ2n) is 4.33. The van der Waals surface area contributed by atoms with Crippen LogP contribution < -0.4 is 15.2 Å². The molecule has 1 aromatic rings. The minimum absolute atomic E-state index is 0. The maximum atomic E-state index is 6.13. The number of halogens is 1. The Morgan fingerprint density at radius 1 is 1.06 bits per heavy atom. The van der Waals surface area contributed by atoms with Gasteiger partial charge in [0.15, 0.2) is 11.5 Å². The van der Waals surface area contributed by atoms with Gasteiger partial charge in [-0.2, -0.15) is 0 Å². The molecule has 2 N–H and O–H groups in total. The van der Waals surface area contributed by atoms with E-state index in [-0.39, 0.29) is 18.4 Å². The molecule has 1 aliphatic carbocycles. The van der Waals surface area contributed by atoms with Crippen LogP contribution in [0.25, 0.3) is 0 Å². The molecule has 2 atom stereocenters. The number of allylic oxidation sites excluding steroid dienone is 1. The summed E-state index contributed by atoms with van der Waals surface area (Å²) in [5.41, 5.74) is 7.38. The second-order valence-corrected chi connectivity index (χ2v) is 4.33. The molecule has 17 heavy (non-hydrogen) atoms. The molecule has 0 saturated carbocycles. The molecule has 3 rings (SSSR count).